The van der Waals surface area contributed by atoms with Crippen molar-refractivity contribution in [2.24, 2.45) is 35.0 Å². The van der Waals surface area contributed by atoms with Gasteiger partial charge in [-0.1, -0.05) is 34.1 Å². The van der Waals surface area contributed by atoms with Crippen LogP contribution in [0.1, 0.15) is 84.8 Å². The summed E-state index contributed by atoms with van der Waals surface area (Å²) >= 11 is 0. The molecular weight excluding hydrogens is 622 g/mol. The van der Waals surface area contributed by atoms with Crippen LogP contribution >= 0.6 is 0 Å². The smallest absolute Gasteiger partial charge is 0.408 e. The number of amides is 2. The van der Waals surface area contributed by atoms with Gasteiger partial charge in [0, 0.05) is 17.9 Å². The van der Waals surface area contributed by atoms with E-state index in [0.29, 0.717) is 54.3 Å². The van der Waals surface area contributed by atoms with Gasteiger partial charge in [-0.15, -0.1) is 0 Å². The minimum atomic E-state index is -2.99. The standard InChI is InChI=1S/C36H46F2N4O6/c1-7-20-27-16-42(30(20)17(2)43)33(44)31(35(3,4)5)41-34(45)48-26-14-18-13-22(18)21(26)9-8-10-23-28(36(23,37)38)29-32(47-27)40-25-15-19(46-6)11-12-24(25)39-29/h11-12,15,18,20-23,26-28,30-31H,7-10,13-14,16H2,1-6H3,(H,41,45)/t18?,20-,21-,22?,23?,26-,27+,28-,30-,31-/m1/s1. The van der Waals surface area contributed by atoms with Gasteiger partial charge in [-0.05, 0) is 74.3 Å². The monoisotopic (exact) mass is 668 g/mol. The van der Waals surface area contributed by atoms with E-state index in [9.17, 15) is 14.4 Å². The topological polar surface area (TPSA) is 120 Å². The summed E-state index contributed by atoms with van der Waals surface area (Å²) in [6.45, 7) is 8.93. The third-order valence-corrected chi connectivity index (χ3v) is 11.6. The number of ether oxygens (including phenoxy) is 3. The van der Waals surface area contributed by atoms with Gasteiger partial charge in [0.1, 0.15) is 29.7 Å². The lowest BCUT2D eigenvalue weighted by Gasteiger charge is -2.36. The van der Waals surface area contributed by atoms with E-state index in [1.807, 2.05) is 27.7 Å². The first-order valence-corrected chi connectivity index (χ1v) is 17.4. The molecule has 1 N–H and O–H groups in total. The van der Waals surface area contributed by atoms with Gasteiger partial charge in [0.05, 0.1) is 36.6 Å². The fourth-order valence-electron chi connectivity index (χ4n) is 8.98. The number of nitrogens with zero attached hydrogens (tertiary/aromatic N) is 3. The molecule has 7 rings (SSSR count). The predicted octanol–water partition coefficient (Wildman–Crippen LogP) is 5.91. The van der Waals surface area contributed by atoms with Crippen molar-refractivity contribution in [2.45, 2.75) is 109 Å². The first-order valence-electron chi connectivity index (χ1n) is 17.4. The lowest BCUT2D eigenvalue weighted by Crippen LogP contribution is -2.57. The number of rotatable bonds is 3. The number of carbonyl (C=O) groups is 3. The van der Waals surface area contributed by atoms with Gasteiger partial charge in [0.15, 0.2) is 5.78 Å². The van der Waals surface area contributed by atoms with Crippen LogP contribution in [0.3, 0.4) is 0 Å². The number of benzene rings is 1. The summed E-state index contributed by atoms with van der Waals surface area (Å²) in [7, 11) is 1.53. The lowest BCUT2D eigenvalue weighted by atomic mass is 9.85. The predicted molar refractivity (Wildman–Crippen MR) is 172 cm³/mol. The molecule has 2 aromatic rings. The van der Waals surface area contributed by atoms with Crippen molar-refractivity contribution >= 4 is 28.8 Å². The van der Waals surface area contributed by atoms with Crippen LogP contribution < -0.4 is 14.8 Å². The average molecular weight is 669 g/mol. The molecule has 0 spiro atoms. The number of nitrogens with one attached hydrogen (secondary N) is 1. The maximum absolute atomic E-state index is 15.7. The number of hydrogen-bond donors (Lipinski definition) is 1. The SMILES string of the molecule is CC[C@@H]1[C@@H]2CN(C(=O)[C@H](C(C)(C)C)NC(=O)O[C@@H]3CC4CC4[C@H]3CCCC3[C@H](c4nc5ccc(OC)cc5nc4O2)C3(F)F)[C@@H]1C(C)=O. The van der Waals surface area contributed by atoms with Gasteiger partial charge in [0.25, 0.3) is 5.92 Å². The van der Waals surface area contributed by atoms with Crippen LogP contribution in [0.2, 0.25) is 0 Å². The first-order chi connectivity index (χ1) is 22.7. The zero-order valence-electron chi connectivity index (χ0n) is 28.5. The van der Waals surface area contributed by atoms with Gasteiger partial charge in [-0.2, -0.15) is 0 Å². The van der Waals surface area contributed by atoms with Gasteiger partial charge < -0.3 is 24.4 Å². The van der Waals surface area contributed by atoms with E-state index in [4.69, 9.17) is 24.2 Å². The average Bonchev–Trinajstić information content (AvgIpc) is 3.78. The summed E-state index contributed by atoms with van der Waals surface area (Å²) in [5.41, 5.74) is 0.276. The highest BCUT2D eigenvalue weighted by molar-refractivity contribution is 5.92. The number of fused-ring (bicyclic) bond motifs is 9. The molecule has 1 aromatic carbocycles. The normalized spacial score (nSPS) is 35.9. The van der Waals surface area contributed by atoms with Crippen LogP contribution in [0.15, 0.2) is 18.2 Å². The second-order valence-corrected chi connectivity index (χ2v) is 15.7. The number of methoxy groups -OCH3 is 1. The molecule has 10 atom stereocenters. The zero-order valence-corrected chi connectivity index (χ0v) is 28.5. The molecule has 3 heterocycles. The molecule has 1 saturated heterocycles. The number of alkyl carbamates (subject to hydrolysis) is 1. The van der Waals surface area contributed by atoms with E-state index in [2.05, 4.69) is 5.32 Å². The van der Waals surface area contributed by atoms with E-state index in [1.54, 1.807) is 18.2 Å². The zero-order chi connectivity index (χ0) is 34.3. The second kappa shape index (κ2) is 11.8. The van der Waals surface area contributed by atoms with Crippen molar-refractivity contribution in [1.82, 2.24) is 20.2 Å². The summed E-state index contributed by atoms with van der Waals surface area (Å²) in [5.74, 6) is -4.65. The van der Waals surface area contributed by atoms with Gasteiger partial charge in [0.2, 0.25) is 11.8 Å². The second-order valence-electron chi connectivity index (χ2n) is 15.7. The van der Waals surface area contributed by atoms with Crippen molar-refractivity contribution in [2.75, 3.05) is 13.7 Å². The van der Waals surface area contributed by atoms with Gasteiger partial charge in [-0.25, -0.2) is 23.5 Å². The largest absolute Gasteiger partial charge is 0.497 e. The van der Waals surface area contributed by atoms with Crippen molar-refractivity contribution in [1.29, 1.82) is 0 Å². The molecule has 4 fully saturated rings. The van der Waals surface area contributed by atoms with Gasteiger partial charge >= 0.3 is 6.09 Å². The highest BCUT2D eigenvalue weighted by Gasteiger charge is 2.70. The summed E-state index contributed by atoms with van der Waals surface area (Å²) < 4.78 is 49.3. The van der Waals surface area contributed by atoms with Crippen LogP contribution in [-0.4, -0.2) is 76.5 Å². The molecule has 260 valence electrons. The fourth-order valence-corrected chi connectivity index (χ4v) is 8.98. The molecule has 2 aliphatic heterocycles. The minimum Gasteiger partial charge on any atom is -0.497 e. The number of Topliss-reactive ketones (excluding diaryl/α,β-unsaturated/α-hetero) is 1. The van der Waals surface area contributed by atoms with E-state index < -0.39 is 59.3 Å². The molecule has 3 unspecified atom stereocenters. The molecule has 2 amide bonds. The van der Waals surface area contributed by atoms with Crippen molar-refractivity contribution in [3.8, 4) is 11.6 Å². The van der Waals surface area contributed by atoms with Crippen LogP contribution in [0.5, 0.6) is 11.6 Å². The molecule has 3 saturated carbocycles. The fraction of sp³-hybridized carbons (Fsp3) is 0.694. The molecule has 5 aliphatic rings. The van der Waals surface area contributed by atoms with Crippen LogP contribution in [-0.2, 0) is 14.3 Å². The maximum Gasteiger partial charge on any atom is 0.408 e. The highest BCUT2D eigenvalue weighted by Crippen LogP contribution is 2.65. The molecule has 2 bridgehead atoms. The van der Waals surface area contributed by atoms with E-state index >= 15 is 8.78 Å². The Morgan fingerprint density at radius 2 is 1.85 bits per heavy atom. The summed E-state index contributed by atoms with van der Waals surface area (Å²) in [6.07, 6.45) is 2.12. The van der Waals surface area contributed by atoms with E-state index in [1.165, 1.54) is 18.9 Å². The Hall–Kier alpha value is -3.57. The third kappa shape index (κ3) is 5.66. The Morgan fingerprint density at radius 1 is 1.08 bits per heavy atom. The number of hydrogen-bond acceptors (Lipinski definition) is 8. The van der Waals surface area contributed by atoms with Crippen molar-refractivity contribution < 1.29 is 37.4 Å². The summed E-state index contributed by atoms with van der Waals surface area (Å²) in [4.78, 5) is 52.0. The van der Waals surface area contributed by atoms with Crippen LogP contribution in [0.4, 0.5) is 13.6 Å². The van der Waals surface area contributed by atoms with Gasteiger partial charge in [-0.3, -0.25) is 9.59 Å². The molecule has 0 radical (unpaired) electrons. The van der Waals surface area contributed by atoms with Crippen molar-refractivity contribution in [3.05, 3.63) is 23.9 Å². The molecule has 48 heavy (non-hydrogen) atoms. The first kappa shape index (κ1) is 33.0. The number of alkyl halides is 2. The highest BCUT2D eigenvalue weighted by atomic mass is 19.3. The molecule has 10 nitrogen and oxygen atoms in total. The van der Waals surface area contributed by atoms with Crippen LogP contribution in [0.25, 0.3) is 11.0 Å². The quantitative estimate of drug-likeness (QED) is 0.429. The molecule has 3 aliphatic carbocycles. The summed E-state index contributed by atoms with van der Waals surface area (Å²) in [6, 6.07) is 3.28. The Labute approximate surface area is 279 Å². The molecule has 1 aromatic heterocycles. The number of aromatic nitrogens is 2. The molecule has 12 heteroatoms. The van der Waals surface area contributed by atoms with E-state index in [-0.39, 0.29) is 35.9 Å². The number of carbonyl (C=O) groups excluding carboxylic acids is 3. The molecular formula is C36H46F2N4O6. The third-order valence-electron chi connectivity index (χ3n) is 11.6. The number of halogens is 2. The van der Waals surface area contributed by atoms with Crippen LogP contribution in [0, 0.1) is 35.0 Å². The Bertz CT molecular complexity index is 1630. The number of ketones is 1. The van der Waals surface area contributed by atoms with Crippen molar-refractivity contribution in [3.63, 3.8) is 0 Å². The Balaban J connectivity index is 1.31. The summed E-state index contributed by atoms with van der Waals surface area (Å²) in [5, 5.41) is 2.86. The maximum atomic E-state index is 15.7. The Kier molecular flexibility index (Phi) is 8.09. The minimum absolute atomic E-state index is 0.00477. The van der Waals surface area contributed by atoms with E-state index in [0.717, 1.165) is 12.8 Å². The lowest BCUT2D eigenvalue weighted by molar-refractivity contribution is -0.141. The Morgan fingerprint density at radius 3 is 2.54 bits per heavy atom.